The molecule has 2 fully saturated rings. The zero-order valence-electron chi connectivity index (χ0n) is 15.4. The molecule has 0 radical (unpaired) electrons. The standard InChI is InChI=1S/C19H24ClN3O3S/c1-2-26-19(25)13-18-23(17(24)14-27-18)12-9-21-7-10-22(11-8-21)16-6-4-3-5-15(16)20/h3-6,13H,2,7-12,14H2,1H3/p+1/b18-13-. The molecule has 0 spiro atoms. The minimum absolute atomic E-state index is 0.0599. The summed E-state index contributed by atoms with van der Waals surface area (Å²) in [7, 11) is 0. The zero-order valence-corrected chi connectivity index (χ0v) is 17.0. The molecule has 2 heterocycles. The molecular weight excluding hydrogens is 386 g/mol. The molecule has 8 heteroatoms. The summed E-state index contributed by atoms with van der Waals surface area (Å²) < 4.78 is 4.96. The topological polar surface area (TPSA) is 54.3 Å². The van der Waals surface area contributed by atoms with Gasteiger partial charge in [-0.05, 0) is 19.1 Å². The number of nitrogens with zero attached hydrogens (tertiary/aromatic N) is 2. The summed E-state index contributed by atoms with van der Waals surface area (Å²) in [4.78, 5) is 29.3. The molecule has 0 aliphatic carbocycles. The summed E-state index contributed by atoms with van der Waals surface area (Å²) >= 11 is 7.70. The number of para-hydroxylation sites is 1. The van der Waals surface area contributed by atoms with Crippen LogP contribution in [0.1, 0.15) is 6.92 Å². The first kappa shape index (κ1) is 20.0. The van der Waals surface area contributed by atoms with Crippen molar-refractivity contribution in [2.75, 3.05) is 56.5 Å². The van der Waals surface area contributed by atoms with Crippen molar-refractivity contribution in [3.63, 3.8) is 0 Å². The number of benzene rings is 1. The number of ether oxygens (including phenoxy) is 1. The fourth-order valence-electron chi connectivity index (χ4n) is 3.35. The number of rotatable bonds is 6. The van der Waals surface area contributed by atoms with Gasteiger partial charge in [0, 0.05) is 0 Å². The van der Waals surface area contributed by atoms with Crippen molar-refractivity contribution >= 4 is 40.9 Å². The number of hydrogen-bond donors (Lipinski definition) is 1. The highest BCUT2D eigenvalue weighted by Crippen LogP contribution is 2.28. The minimum atomic E-state index is -0.389. The predicted molar refractivity (Wildman–Crippen MR) is 108 cm³/mol. The molecule has 2 aliphatic rings. The van der Waals surface area contributed by atoms with Gasteiger partial charge in [0.25, 0.3) is 0 Å². The van der Waals surface area contributed by atoms with Crippen LogP contribution in [0.5, 0.6) is 0 Å². The molecule has 1 aromatic carbocycles. The third-order valence-electron chi connectivity index (χ3n) is 4.79. The fourth-order valence-corrected chi connectivity index (χ4v) is 4.56. The lowest BCUT2D eigenvalue weighted by Gasteiger charge is -2.34. The second kappa shape index (κ2) is 9.48. The van der Waals surface area contributed by atoms with E-state index in [4.69, 9.17) is 16.3 Å². The van der Waals surface area contributed by atoms with E-state index in [1.54, 1.807) is 11.8 Å². The SMILES string of the molecule is CCOC(=O)/C=C1\SCC(=O)N1CC[NH+]1CCN(c2ccccc2Cl)CC1. The number of anilines is 1. The quantitative estimate of drug-likeness (QED) is 0.560. The van der Waals surface area contributed by atoms with E-state index in [-0.39, 0.29) is 11.9 Å². The van der Waals surface area contributed by atoms with E-state index in [2.05, 4.69) is 11.0 Å². The molecule has 1 aromatic rings. The molecule has 146 valence electrons. The van der Waals surface area contributed by atoms with Crippen LogP contribution in [0.15, 0.2) is 35.4 Å². The van der Waals surface area contributed by atoms with E-state index in [1.807, 2.05) is 18.2 Å². The van der Waals surface area contributed by atoms with Crippen molar-refractivity contribution in [2.24, 2.45) is 0 Å². The van der Waals surface area contributed by atoms with E-state index >= 15 is 0 Å². The molecule has 1 N–H and O–H groups in total. The number of hydrogen-bond acceptors (Lipinski definition) is 5. The molecule has 0 bridgehead atoms. The Morgan fingerprint density at radius 3 is 2.78 bits per heavy atom. The van der Waals surface area contributed by atoms with Gasteiger partial charge in [0.05, 0.1) is 73.4 Å². The summed E-state index contributed by atoms with van der Waals surface area (Å²) in [5.41, 5.74) is 1.09. The second-order valence-electron chi connectivity index (χ2n) is 6.51. The molecule has 0 unspecified atom stereocenters. The molecule has 2 aliphatic heterocycles. The summed E-state index contributed by atoms with van der Waals surface area (Å²) in [6.45, 7) is 7.46. The lowest BCUT2D eigenvalue weighted by Crippen LogP contribution is -3.15. The lowest BCUT2D eigenvalue weighted by atomic mass is 10.2. The molecular formula is C19H25ClN3O3S+. The molecule has 3 rings (SSSR count). The van der Waals surface area contributed by atoms with Gasteiger partial charge in [-0.3, -0.25) is 4.79 Å². The van der Waals surface area contributed by atoms with Gasteiger partial charge in [0.15, 0.2) is 0 Å². The van der Waals surface area contributed by atoms with Crippen molar-refractivity contribution in [2.45, 2.75) is 6.92 Å². The maximum Gasteiger partial charge on any atom is 0.333 e. The van der Waals surface area contributed by atoms with E-state index in [9.17, 15) is 9.59 Å². The van der Waals surface area contributed by atoms with Crippen molar-refractivity contribution in [1.29, 1.82) is 0 Å². The first-order chi connectivity index (χ1) is 13.1. The molecule has 27 heavy (non-hydrogen) atoms. The third-order valence-corrected chi connectivity index (χ3v) is 6.14. The van der Waals surface area contributed by atoms with Crippen molar-refractivity contribution in [3.05, 3.63) is 40.4 Å². The molecule has 0 saturated carbocycles. The van der Waals surface area contributed by atoms with Crippen LogP contribution in [0.2, 0.25) is 5.02 Å². The highest BCUT2D eigenvalue weighted by atomic mass is 35.5. The number of halogens is 1. The number of carbonyl (C=O) groups excluding carboxylic acids is 2. The molecule has 2 saturated heterocycles. The number of thioether (sulfide) groups is 1. The Morgan fingerprint density at radius 1 is 1.33 bits per heavy atom. The Morgan fingerprint density at radius 2 is 2.07 bits per heavy atom. The van der Waals surface area contributed by atoms with Crippen molar-refractivity contribution in [3.8, 4) is 0 Å². The normalized spacial score (nSPS) is 19.8. The van der Waals surface area contributed by atoms with E-state index < -0.39 is 0 Å². The number of esters is 1. The number of amides is 1. The summed E-state index contributed by atoms with van der Waals surface area (Å²) in [5.74, 6) is 0.0611. The Labute approximate surface area is 169 Å². The van der Waals surface area contributed by atoms with Crippen LogP contribution < -0.4 is 9.80 Å². The highest BCUT2D eigenvalue weighted by molar-refractivity contribution is 8.04. The van der Waals surface area contributed by atoms with Crippen LogP contribution >= 0.6 is 23.4 Å². The van der Waals surface area contributed by atoms with E-state index in [0.29, 0.717) is 23.9 Å². The number of quaternary nitrogens is 1. The zero-order chi connectivity index (χ0) is 19.2. The first-order valence-electron chi connectivity index (χ1n) is 9.23. The number of nitrogens with one attached hydrogen (secondary N) is 1. The highest BCUT2D eigenvalue weighted by Gasteiger charge is 2.29. The Bertz CT molecular complexity index is 720. The Kier molecular flexibility index (Phi) is 7.04. The van der Waals surface area contributed by atoms with Crippen LogP contribution in [0, 0.1) is 0 Å². The molecule has 1 amide bonds. The third kappa shape index (κ3) is 5.18. The number of carbonyl (C=O) groups is 2. The Hall–Kier alpha value is -1.70. The van der Waals surface area contributed by atoms with Crippen LogP contribution in [-0.2, 0) is 14.3 Å². The van der Waals surface area contributed by atoms with Crippen LogP contribution in [0.25, 0.3) is 0 Å². The van der Waals surface area contributed by atoms with Gasteiger partial charge >= 0.3 is 5.97 Å². The van der Waals surface area contributed by atoms with Gasteiger partial charge < -0.3 is 19.4 Å². The minimum Gasteiger partial charge on any atom is -0.463 e. The van der Waals surface area contributed by atoms with Gasteiger partial charge in [0.2, 0.25) is 5.91 Å². The lowest BCUT2D eigenvalue weighted by molar-refractivity contribution is -0.899. The summed E-state index contributed by atoms with van der Waals surface area (Å²) in [6.07, 6.45) is 1.43. The second-order valence-corrected chi connectivity index (χ2v) is 7.91. The van der Waals surface area contributed by atoms with Gasteiger partial charge in [0.1, 0.15) is 0 Å². The van der Waals surface area contributed by atoms with Crippen molar-refractivity contribution in [1.82, 2.24) is 4.90 Å². The monoisotopic (exact) mass is 410 g/mol. The van der Waals surface area contributed by atoms with Gasteiger partial charge in [-0.1, -0.05) is 35.5 Å². The summed E-state index contributed by atoms with van der Waals surface area (Å²) in [6, 6.07) is 7.93. The number of piperazine rings is 1. The van der Waals surface area contributed by atoms with Crippen LogP contribution in [-0.4, -0.2) is 68.4 Å². The van der Waals surface area contributed by atoms with Crippen LogP contribution in [0.4, 0.5) is 5.69 Å². The van der Waals surface area contributed by atoms with E-state index in [1.165, 1.54) is 22.7 Å². The smallest absolute Gasteiger partial charge is 0.333 e. The average Bonchev–Trinajstić information content (AvgIpc) is 3.00. The average molecular weight is 411 g/mol. The maximum atomic E-state index is 12.2. The van der Waals surface area contributed by atoms with Gasteiger partial charge in [-0.25, -0.2) is 4.79 Å². The molecule has 0 aromatic heterocycles. The van der Waals surface area contributed by atoms with Gasteiger partial charge in [-0.15, -0.1) is 0 Å². The first-order valence-corrected chi connectivity index (χ1v) is 10.6. The predicted octanol–water partition coefficient (Wildman–Crippen LogP) is 1.02. The van der Waals surface area contributed by atoms with E-state index in [0.717, 1.165) is 43.4 Å². The molecule has 0 atom stereocenters. The summed E-state index contributed by atoms with van der Waals surface area (Å²) in [5, 5.41) is 1.49. The van der Waals surface area contributed by atoms with Crippen molar-refractivity contribution < 1.29 is 19.2 Å². The fraction of sp³-hybridized carbons (Fsp3) is 0.474. The largest absolute Gasteiger partial charge is 0.463 e. The van der Waals surface area contributed by atoms with Gasteiger partial charge in [-0.2, -0.15) is 0 Å². The van der Waals surface area contributed by atoms with Crippen LogP contribution in [0.3, 0.4) is 0 Å². The maximum absolute atomic E-state index is 12.2. The molecule has 6 nitrogen and oxygen atoms in total. The Balaban J connectivity index is 1.51.